The average Bonchev–Trinajstić information content (AvgIpc) is 3.13. The van der Waals surface area contributed by atoms with Gasteiger partial charge in [0.05, 0.1) is 0 Å². The van der Waals surface area contributed by atoms with Crippen molar-refractivity contribution in [3.8, 4) is 0 Å². The number of hydrogen-bond acceptors (Lipinski definition) is 3. The average molecular weight is 356 g/mol. The van der Waals surface area contributed by atoms with Crippen LogP contribution in [0, 0.1) is 0 Å². The lowest BCUT2D eigenvalue weighted by molar-refractivity contribution is -0.118. The monoisotopic (exact) mass is 356 g/mol. The quantitative estimate of drug-likeness (QED) is 0.663. The van der Waals surface area contributed by atoms with Crippen molar-refractivity contribution in [2.45, 2.75) is 6.42 Å². The van der Waals surface area contributed by atoms with Crippen molar-refractivity contribution >= 4 is 34.2 Å². The van der Waals surface area contributed by atoms with Gasteiger partial charge in [-0.05, 0) is 35.6 Å². The Balaban J connectivity index is 1.49. The number of rotatable bonds is 2. The molecular formula is C22H16N2O3. The first-order chi connectivity index (χ1) is 13.1. The molecule has 5 rings (SSSR count). The predicted molar refractivity (Wildman–Crippen MR) is 102 cm³/mol. The maximum Gasteiger partial charge on any atom is 0.261 e. The van der Waals surface area contributed by atoms with Gasteiger partial charge < -0.3 is 4.90 Å². The number of carbonyl (C=O) groups excluding carboxylic acids is 3. The van der Waals surface area contributed by atoms with Crippen molar-refractivity contribution < 1.29 is 14.4 Å². The van der Waals surface area contributed by atoms with Gasteiger partial charge in [-0.25, -0.2) is 0 Å². The van der Waals surface area contributed by atoms with Crippen molar-refractivity contribution in [2.24, 2.45) is 0 Å². The number of amides is 3. The van der Waals surface area contributed by atoms with E-state index < -0.39 is 11.8 Å². The van der Waals surface area contributed by atoms with Gasteiger partial charge in [-0.15, -0.1) is 0 Å². The van der Waals surface area contributed by atoms with E-state index in [4.69, 9.17) is 0 Å². The molecule has 0 fully saturated rings. The lowest BCUT2D eigenvalue weighted by Gasteiger charge is -2.28. The Bertz CT molecular complexity index is 1080. The first-order valence-corrected chi connectivity index (χ1v) is 8.91. The Hall–Kier alpha value is -3.47. The Kier molecular flexibility index (Phi) is 3.37. The van der Waals surface area contributed by atoms with Gasteiger partial charge in [-0.1, -0.05) is 42.5 Å². The molecule has 0 saturated carbocycles. The van der Waals surface area contributed by atoms with Crippen LogP contribution in [-0.4, -0.2) is 35.7 Å². The molecule has 5 heteroatoms. The molecule has 0 N–H and O–H groups in total. The Morgan fingerprint density at radius 3 is 2.22 bits per heavy atom. The van der Waals surface area contributed by atoms with Crippen LogP contribution in [0.5, 0.6) is 0 Å². The van der Waals surface area contributed by atoms with Crippen LogP contribution in [0.1, 0.15) is 26.3 Å². The summed E-state index contributed by atoms with van der Waals surface area (Å²) in [7, 11) is 0. The molecule has 0 saturated heterocycles. The molecule has 3 amide bonds. The van der Waals surface area contributed by atoms with Crippen LogP contribution in [0.4, 0.5) is 5.69 Å². The van der Waals surface area contributed by atoms with Crippen LogP contribution in [0.2, 0.25) is 0 Å². The van der Waals surface area contributed by atoms with Gasteiger partial charge in [-0.2, -0.15) is 0 Å². The van der Waals surface area contributed by atoms with Gasteiger partial charge in [0.25, 0.3) is 11.8 Å². The maximum absolute atomic E-state index is 12.9. The Labute approximate surface area is 155 Å². The molecule has 27 heavy (non-hydrogen) atoms. The van der Waals surface area contributed by atoms with Crippen molar-refractivity contribution in [1.29, 1.82) is 0 Å². The number of hydrogen-bond donors (Lipinski definition) is 0. The minimum Gasteiger partial charge on any atom is -0.310 e. The van der Waals surface area contributed by atoms with E-state index in [1.165, 1.54) is 0 Å². The van der Waals surface area contributed by atoms with Crippen LogP contribution >= 0.6 is 0 Å². The minimum atomic E-state index is -0.412. The lowest BCUT2D eigenvalue weighted by atomic mass is 9.94. The summed E-state index contributed by atoms with van der Waals surface area (Å²) in [6.45, 7) is 0.317. The normalized spacial score (nSPS) is 15.4. The number of fused-ring (bicyclic) bond motifs is 1. The number of anilines is 1. The summed E-state index contributed by atoms with van der Waals surface area (Å²) in [6.07, 6.45) is 0.784. The van der Waals surface area contributed by atoms with E-state index in [1.807, 2.05) is 36.4 Å². The fourth-order valence-corrected chi connectivity index (χ4v) is 4.04. The van der Waals surface area contributed by atoms with Crippen LogP contribution in [0.3, 0.4) is 0 Å². The number of para-hydroxylation sites is 1. The molecule has 0 bridgehead atoms. The smallest absolute Gasteiger partial charge is 0.261 e. The molecule has 0 atom stereocenters. The molecule has 132 valence electrons. The summed E-state index contributed by atoms with van der Waals surface area (Å²) in [5.41, 5.74) is 2.91. The van der Waals surface area contributed by atoms with Gasteiger partial charge in [0, 0.05) is 28.7 Å². The van der Waals surface area contributed by atoms with Gasteiger partial charge >= 0.3 is 0 Å². The standard InChI is InChI=1S/C22H16N2O3/c25-19(23-12-11-14-5-1-2-10-18(14)23)13-24-21(26)16-8-3-6-15-7-4-9-17(20(15)16)22(24)27/h1-10H,11-13H2. The zero-order chi connectivity index (χ0) is 18.5. The lowest BCUT2D eigenvalue weighted by Crippen LogP contribution is -2.47. The van der Waals surface area contributed by atoms with Crippen molar-refractivity contribution in [3.05, 3.63) is 77.4 Å². The SMILES string of the molecule is O=C1c2cccc3cccc(c23)C(=O)N1CC(=O)N1CCc2ccccc21. The minimum absolute atomic E-state index is 0.242. The number of imide groups is 1. The van der Waals surface area contributed by atoms with Crippen LogP contribution < -0.4 is 4.90 Å². The first-order valence-electron chi connectivity index (χ1n) is 8.91. The number of carbonyl (C=O) groups is 3. The van der Waals surface area contributed by atoms with Gasteiger partial charge in [0.1, 0.15) is 6.54 Å². The second kappa shape index (κ2) is 5.77. The van der Waals surface area contributed by atoms with E-state index in [0.29, 0.717) is 23.1 Å². The van der Waals surface area contributed by atoms with E-state index in [-0.39, 0.29) is 12.5 Å². The number of nitrogens with zero attached hydrogens (tertiary/aromatic N) is 2. The molecular weight excluding hydrogens is 340 g/mol. The summed E-state index contributed by atoms with van der Waals surface area (Å²) >= 11 is 0. The highest BCUT2D eigenvalue weighted by molar-refractivity contribution is 6.26. The fourth-order valence-electron chi connectivity index (χ4n) is 4.04. The summed E-state index contributed by atoms with van der Waals surface area (Å²) in [4.78, 5) is 41.5. The predicted octanol–water partition coefficient (Wildman–Crippen LogP) is 3.03. The molecule has 3 aromatic rings. The summed E-state index contributed by atoms with van der Waals surface area (Å²) in [5, 5.41) is 1.52. The van der Waals surface area contributed by atoms with E-state index in [1.54, 1.807) is 29.2 Å². The van der Waals surface area contributed by atoms with Crippen LogP contribution in [-0.2, 0) is 11.2 Å². The third-order valence-corrected chi connectivity index (χ3v) is 5.34. The van der Waals surface area contributed by atoms with Crippen LogP contribution in [0.25, 0.3) is 10.8 Å². The van der Waals surface area contributed by atoms with E-state index >= 15 is 0 Å². The van der Waals surface area contributed by atoms with Gasteiger partial charge in [-0.3, -0.25) is 19.3 Å². The van der Waals surface area contributed by atoms with E-state index in [9.17, 15) is 14.4 Å². The molecule has 0 unspecified atom stereocenters. The fraction of sp³-hybridized carbons (Fsp3) is 0.136. The molecule has 2 aliphatic heterocycles. The third kappa shape index (κ3) is 2.28. The molecule has 5 nitrogen and oxygen atoms in total. The van der Waals surface area contributed by atoms with E-state index in [2.05, 4.69) is 0 Å². The zero-order valence-corrected chi connectivity index (χ0v) is 14.5. The van der Waals surface area contributed by atoms with E-state index in [0.717, 1.165) is 28.0 Å². The van der Waals surface area contributed by atoms with Gasteiger partial charge in [0.15, 0.2) is 0 Å². The van der Waals surface area contributed by atoms with Crippen molar-refractivity contribution in [1.82, 2.24) is 4.90 Å². The highest BCUT2D eigenvalue weighted by atomic mass is 16.2. The summed E-state index contributed by atoms with van der Waals surface area (Å²) in [5.74, 6) is -1.07. The first kappa shape index (κ1) is 15.8. The van der Waals surface area contributed by atoms with Crippen molar-refractivity contribution in [3.63, 3.8) is 0 Å². The molecule has 2 heterocycles. The third-order valence-electron chi connectivity index (χ3n) is 5.34. The van der Waals surface area contributed by atoms with Gasteiger partial charge in [0.2, 0.25) is 5.91 Å². The molecule has 0 spiro atoms. The molecule has 0 radical (unpaired) electrons. The highest BCUT2D eigenvalue weighted by Gasteiger charge is 2.35. The largest absolute Gasteiger partial charge is 0.310 e. The van der Waals surface area contributed by atoms with Crippen molar-refractivity contribution in [2.75, 3.05) is 18.0 Å². The molecule has 0 aliphatic carbocycles. The Morgan fingerprint density at radius 1 is 0.852 bits per heavy atom. The van der Waals surface area contributed by atoms with Crippen LogP contribution in [0.15, 0.2) is 60.7 Å². The Morgan fingerprint density at radius 2 is 1.52 bits per heavy atom. The summed E-state index contributed by atoms with van der Waals surface area (Å²) < 4.78 is 0. The maximum atomic E-state index is 12.9. The molecule has 0 aromatic heterocycles. The highest BCUT2D eigenvalue weighted by Crippen LogP contribution is 2.31. The number of benzene rings is 3. The second-order valence-electron chi connectivity index (χ2n) is 6.83. The zero-order valence-electron chi connectivity index (χ0n) is 14.5. The summed E-state index contributed by atoms with van der Waals surface area (Å²) in [6, 6.07) is 18.5. The topological polar surface area (TPSA) is 57.7 Å². The molecule has 2 aliphatic rings. The second-order valence-corrected chi connectivity index (χ2v) is 6.83. The molecule has 3 aromatic carbocycles.